The van der Waals surface area contributed by atoms with Crippen molar-refractivity contribution in [2.24, 2.45) is 5.41 Å². The zero-order valence-electron chi connectivity index (χ0n) is 17.9. The zero-order valence-corrected chi connectivity index (χ0v) is 18.7. The van der Waals surface area contributed by atoms with Crippen molar-refractivity contribution in [3.05, 3.63) is 47.5 Å². The van der Waals surface area contributed by atoms with Gasteiger partial charge in [-0.2, -0.15) is 0 Å². The van der Waals surface area contributed by atoms with E-state index in [2.05, 4.69) is 20.5 Å². The van der Waals surface area contributed by atoms with E-state index in [4.69, 9.17) is 0 Å². The number of amides is 2. The van der Waals surface area contributed by atoms with Crippen LogP contribution in [0.3, 0.4) is 0 Å². The molecule has 1 unspecified atom stereocenters. The van der Waals surface area contributed by atoms with E-state index in [0.29, 0.717) is 18.0 Å². The Morgan fingerprint density at radius 2 is 1.80 bits per heavy atom. The van der Waals surface area contributed by atoms with Gasteiger partial charge in [0.05, 0.1) is 6.04 Å². The molecule has 1 atom stereocenters. The minimum absolute atomic E-state index is 0.0228. The van der Waals surface area contributed by atoms with E-state index in [1.54, 1.807) is 6.20 Å². The second-order valence-corrected chi connectivity index (χ2v) is 9.49. The molecule has 0 radical (unpaired) electrons. The van der Waals surface area contributed by atoms with Gasteiger partial charge in [-0.05, 0) is 37.9 Å². The summed E-state index contributed by atoms with van der Waals surface area (Å²) in [5.74, 6) is -0.0257. The molecule has 0 aliphatic heterocycles. The Morgan fingerprint density at radius 3 is 2.43 bits per heavy atom. The fraction of sp³-hybridized carbons (Fsp3) is 0.522. The average molecular weight is 429 g/mol. The fourth-order valence-corrected chi connectivity index (χ4v) is 4.92. The van der Waals surface area contributed by atoms with Gasteiger partial charge in [-0.25, -0.2) is 4.98 Å². The van der Waals surface area contributed by atoms with Crippen LogP contribution in [-0.4, -0.2) is 42.3 Å². The molecular weight excluding hydrogens is 396 g/mol. The van der Waals surface area contributed by atoms with E-state index in [1.807, 2.05) is 49.8 Å². The predicted molar refractivity (Wildman–Crippen MR) is 121 cm³/mol. The van der Waals surface area contributed by atoms with Crippen molar-refractivity contribution in [1.82, 2.24) is 15.2 Å². The number of nitrogens with zero attached hydrogens (tertiary/aromatic N) is 2. The van der Waals surface area contributed by atoms with Crippen molar-refractivity contribution in [3.8, 4) is 0 Å². The predicted octanol–water partition coefficient (Wildman–Crippen LogP) is 4.23. The van der Waals surface area contributed by atoms with Crippen LogP contribution in [0.5, 0.6) is 0 Å². The third kappa shape index (κ3) is 6.64. The second-order valence-electron chi connectivity index (χ2n) is 8.59. The largest absolute Gasteiger partial charge is 0.348 e. The molecule has 1 fully saturated rings. The maximum Gasteiger partial charge on any atom is 0.226 e. The average Bonchev–Trinajstić information content (AvgIpc) is 3.21. The van der Waals surface area contributed by atoms with Gasteiger partial charge < -0.3 is 15.5 Å². The first-order valence-corrected chi connectivity index (χ1v) is 11.5. The lowest BCUT2D eigenvalue weighted by Crippen LogP contribution is -2.40. The number of hydrogen-bond donors (Lipinski definition) is 2. The normalized spacial score (nSPS) is 16.8. The van der Waals surface area contributed by atoms with Crippen LogP contribution in [-0.2, 0) is 9.59 Å². The molecule has 0 saturated heterocycles. The molecular formula is C23H32N4O2S. The Balaban J connectivity index is 1.67. The maximum absolute atomic E-state index is 13.1. The summed E-state index contributed by atoms with van der Waals surface area (Å²) in [6.45, 7) is 0.729. The van der Waals surface area contributed by atoms with E-state index in [9.17, 15) is 9.59 Å². The van der Waals surface area contributed by atoms with Gasteiger partial charge in [-0.3, -0.25) is 9.59 Å². The lowest BCUT2D eigenvalue weighted by atomic mass is 9.69. The SMILES string of the molecule is CN(C)CC(NC(=O)CC1(CC(=O)Nc2nccs2)CCCCC1)c1ccccc1. The van der Waals surface area contributed by atoms with Gasteiger partial charge in [0.1, 0.15) is 0 Å². The summed E-state index contributed by atoms with van der Waals surface area (Å²) in [7, 11) is 4.02. The Morgan fingerprint density at radius 1 is 1.10 bits per heavy atom. The van der Waals surface area contributed by atoms with E-state index in [1.165, 1.54) is 17.8 Å². The summed E-state index contributed by atoms with van der Waals surface area (Å²) in [6.07, 6.45) is 7.56. The first-order chi connectivity index (χ1) is 14.5. The van der Waals surface area contributed by atoms with Crippen molar-refractivity contribution in [3.63, 3.8) is 0 Å². The third-order valence-electron chi connectivity index (χ3n) is 5.75. The molecule has 30 heavy (non-hydrogen) atoms. The van der Waals surface area contributed by atoms with E-state index >= 15 is 0 Å². The standard InChI is InChI=1S/C23H32N4O2S/c1-27(2)17-19(18-9-5-3-6-10-18)25-20(28)15-23(11-7-4-8-12-23)16-21(29)26-22-24-13-14-30-22/h3,5-6,9-10,13-14,19H,4,7-8,11-12,15-17H2,1-2H3,(H,25,28)(H,24,26,29). The van der Waals surface area contributed by atoms with Gasteiger partial charge in [0, 0.05) is 31.0 Å². The van der Waals surface area contributed by atoms with Crippen LogP contribution in [0.1, 0.15) is 56.6 Å². The second kappa shape index (κ2) is 10.7. The first kappa shape index (κ1) is 22.4. The molecule has 0 bridgehead atoms. The summed E-state index contributed by atoms with van der Waals surface area (Å²) in [5, 5.41) is 8.58. The molecule has 2 N–H and O–H groups in total. The number of benzene rings is 1. The molecule has 1 aromatic carbocycles. The molecule has 7 heteroatoms. The molecule has 1 aliphatic carbocycles. The topological polar surface area (TPSA) is 74.3 Å². The minimum atomic E-state index is -0.275. The summed E-state index contributed by atoms with van der Waals surface area (Å²) < 4.78 is 0. The number of hydrogen-bond acceptors (Lipinski definition) is 5. The van der Waals surface area contributed by atoms with Crippen molar-refractivity contribution in [1.29, 1.82) is 0 Å². The number of likely N-dealkylation sites (N-methyl/N-ethyl adjacent to an activating group) is 1. The molecule has 2 aromatic rings. The quantitative estimate of drug-likeness (QED) is 0.627. The molecule has 1 saturated carbocycles. The van der Waals surface area contributed by atoms with E-state index < -0.39 is 0 Å². The molecule has 0 spiro atoms. The number of nitrogens with one attached hydrogen (secondary N) is 2. The zero-order chi connectivity index (χ0) is 21.4. The van der Waals surface area contributed by atoms with Crippen LogP contribution in [0, 0.1) is 5.41 Å². The number of anilines is 1. The van der Waals surface area contributed by atoms with Crippen LogP contribution < -0.4 is 10.6 Å². The van der Waals surface area contributed by atoms with Gasteiger partial charge >= 0.3 is 0 Å². The highest BCUT2D eigenvalue weighted by molar-refractivity contribution is 7.13. The van der Waals surface area contributed by atoms with Crippen LogP contribution in [0.25, 0.3) is 0 Å². The smallest absolute Gasteiger partial charge is 0.226 e. The molecule has 6 nitrogen and oxygen atoms in total. The van der Waals surface area contributed by atoms with Gasteiger partial charge in [0.25, 0.3) is 0 Å². The third-order valence-corrected chi connectivity index (χ3v) is 6.44. The molecule has 2 amide bonds. The molecule has 3 rings (SSSR count). The first-order valence-electron chi connectivity index (χ1n) is 10.6. The van der Waals surface area contributed by atoms with Gasteiger partial charge in [-0.15, -0.1) is 11.3 Å². The summed E-state index contributed by atoms with van der Waals surface area (Å²) >= 11 is 1.41. The monoisotopic (exact) mass is 428 g/mol. The summed E-state index contributed by atoms with van der Waals surface area (Å²) in [5.41, 5.74) is 0.821. The highest BCUT2D eigenvalue weighted by Crippen LogP contribution is 2.42. The number of thiazole rings is 1. The summed E-state index contributed by atoms with van der Waals surface area (Å²) in [6, 6.07) is 10.00. The van der Waals surface area contributed by atoms with Crippen LogP contribution >= 0.6 is 11.3 Å². The molecule has 162 valence electrons. The van der Waals surface area contributed by atoms with E-state index in [0.717, 1.165) is 37.8 Å². The lowest BCUT2D eigenvalue weighted by Gasteiger charge is -2.37. The molecule has 1 heterocycles. The Labute approximate surface area is 183 Å². The molecule has 1 aliphatic rings. The lowest BCUT2D eigenvalue weighted by molar-refractivity contribution is -0.126. The highest BCUT2D eigenvalue weighted by Gasteiger charge is 2.37. The highest BCUT2D eigenvalue weighted by atomic mass is 32.1. The fourth-order valence-electron chi connectivity index (χ4n) is 4.38. The van der Waals surface area contributed by atoms with Gasteiger partial charge in [0.2, 0.25) is 11.8 Å². The van der Waals surface area contributed by atoms with Crippen LogP contribution in [0.2, 0.25) is 0 Å². The number of rotatable bonds is 9. The number of carbonyl (C=O) groups excluding carboxylic acids is 2. The van der Waals surface area contributed by atoms with Crippen LogP contribution in [0.4, 0.5) is 5.13 Å². The van der Waals surface area contributed by atoms with Gasteiger partial charge in [-0.1, -0.05) is 49.6 Å². The Hall–Kier alpha value is -2.25. The Kier molecular flexibility index (Phi) is 7.99. The molecule has 1 aromatic heterocycles. The van der Waals surface area contributed by atoms with Crippen molar-refractivity contribution >= 4 is 28.3 Å². The Bertz CT molecular complexity index is 802. The van der Waals surface area contributed by atoms with Crippen LogP contribution in [0.15, 0.2) is 41.9 Å². The van der Waals surface area contributed by atoms with Crippen molar-refractivity contribution in [2.75, 3.05) is 26.0 Å². The summed E-state index contributed by atoms with van der Waals surface area (Å²) in [4.78, 5) is 32.0. The number of carbonyl (C=O) groups is 2. The maximum atomic E-state index is 13.1. The van der Waals surface area contributed by atoms with Crippen molar-refractivity contribution < 1.29 is 9.59 Å². The minimum Gasteiger partial charge on any atom is -0.348 e. The number of aromatic nitrogens is 1. The van der Waals surface area contributed by atoms with Gasteiger partial charge in [0.15, 0.2) is 5.13 Å². The van der Waals surface area contributed by atoms with Crippen molar-refractivity contribution in [2.45, 2.75) is 51.0 Å². The van der Waals surface area contributed by atoms with E-state index in [-0.39, 0.29) is 23.3 Å².